The van der Waals surface area contributed by atoms with E-state index in [9.17, 15) is 0 Å². The van der Waals surface area contributed by atoms with Crippen LogP contribution in [-0.2, 0) is 0 Å². The minimum atomic E-state index is -0.00279. The Morgan fingerprint density at radius 1 is 0.480 bits per heavy atom. The SMILES string of the molecule is CC1(C)[C@@]2(C)N=N[C@]1(C)[C@@H]1C3CC([C@@H]12)[C@H]1[C@@H]3[C@@]2(C)N=N[C@]1(C)C2(C)C. The molecule has 0 spiro atoms. The standard InChI is InChI=1S/C21H32N4/c1-16(2)18(5)12-10-9-11(13(12)19(16,6)23-22-18)15-14(10)20(7)17(3,4)21(15,8)25-24-20/h10-15H,9H2,1-8H3/t10?,11?,12-,13+,14-,15+,18-,19+,20-,21+. The highest BCUT2D eigenvalue weighted by Gasteiger charge is 2.87. The molecule has 25 heavy (non-hydrogen) atoms. The summed E-state index contributed by atoms with van der Waals surface area (Å²) in [6.07, 6.45) is 1.36. The summed E-state index contributed by atoms with van der Waals surface area (Å²) in [7, 11) is 0. The van der Waals surface area contributed by atoms with Crippen LogP contribution in [0.1, 0.15) is 61.8 Å². The summed E-state index contributed by atoms with van der Waals surface area (Å²) in [6.45, 7) is 19.3. The lowest BCUT2D eigenvalue weighted by Gasteiger charge is -2.48. The zero-order chi connectivity index (χ0) is 18.0. The largest absolute Gasteiger partial charge is 0.186 e. The lowest BCUT2D eigenvalue weighted by molar-refractivity contribution is 0.0230. The first-order valence-electron chi connectivity index (χ1n) is 10.3. The Kier molecular flexibility index (Phi) is 2.06. The molecule has 0 radical (unpaired) electrons. The second-order valence-electron chi connectivity index (χ2n) is 11.9. The van der Waals surface area contributed by atoms with Gasteiger partial charge in [0.05, 0.1) is 22.2 Å². The van der Waals surface area contributed by atoms with Crippen LogP contribution in [-0.4, -0.2) is 22.2 Å². The molecule has 0 unspecified atom stereocenters. The van der Waals surface area contributed by atoms with E-state index < -0.39 is 0 Å². The number of hydrogen-bond acceptors (Lipinski definition) is 4. The minimum absolute atomic E-state index is 0.00279. The number of fused-ring (bicyclic) bond motifs is 16. The van der Waals surface area contributed by atoms with Gasteiger partial charge in [-0.2, -0.15) is 20.5 Å². The van der Waals surface area contributed by atoms with Crippen LogP contribution in [0.25, 0.3) is 0 Å². The molecule has 4 fully saturated rings. The highest BCUT2D eigenvalue weighted by Crippen LogP contribution is 2.84. The van der Waals surface area contributed by atoms with Crippen molar-refractivity contribution in [3.63, 3.8) is 0 Å². The molecule has 2 aliphatic heterocycles. The molecule has 0 amide bonds. The van der Waals surface area contributed by atoms with Crippen molar-refractivity contribution in [3.8, 4) is 0 Å². The Labute approximate surface area is 151 Å². The van der Waals surface area contributed by atoms with Crippen molar-refractivity contribution in [1.29, 1.82) is 0 Å². The monoisotopic (exact) mass is 340 g/mol. The van der Waals surface area contributed by atoms with Gasteiger partial charge in [0.25, 0.3) is 0 Å². The van der Waals surface area contributed by atoms with Crippen molar-refractivity contribution < 1.29 is 0 Å². The molecule has 2 heterocycles. The third-order valence-electron chi connectivity index (χ3n) is 11.8. The van der Waals surface area contributed by atoms with E-state index in [2.05, 4.69) is 55.4 Å². The molecule has 0 N–H and O–H groups in total. The first-order valence-corrected chi connectivity index (χ1v) is 10.3. The Morgan fingerprint density at radius 2 is 0.720 bits per heavy atom. The number of rotatable bonds is 0. The van der Waals surface area contributed by atoms with Crippen molar-refractivity contribution in [2.24, 2.45) is 66.8 Å². The molecule has 6 aliphatic rings. The molecular formula is C21H32N4. The van der Waals surface area contributed by atoms with Gasteiger partial charge >= 0.3 is 0 Å². The van der Waals surface area contributed by atoms with Crippen LogP contribution in [0.15, 0.2) is 20.5 Å². The summed E-state index contributed by atoms with van der Waals surface area (Å²) in [6, 6.07) is 0. The number of hydrogen-bond donors (Lipinski definition) is 0. The molecule has 0 aromatic carbocycles. The van der Waals surface area contributed by atoms with E-state index in [4.69, 9.17) is 20.5 Å². The Balaban J connectivity index is 1.58. The van der Waals surface area contributed by atoms with Crippen molar-refractivity contribution in [1.82, 2.24) is 0 Å². The predicted octanol–water partition coefficient (Wildman–Crippen LogP) is 5.15. The first-order chi connectivity index (χ1) is 11.4. The molecule has 136 valence electrons. The van der Waals surface area contributed by atoms with Crippen LogP contribution in [0, 0.1) is 46.3 Å². The fourth-order valence-corrected chi connectivity index (χ4v) is 9.35. The summed E-state index contributed by atoms with van der Waals surface area (Å²) >= 11 is 0. The average molecular weight is 341 g/mol. The Bertz CT molecular complexity index is 663. The van der Waals surface area contributed by atoms with Gasteiger partial charge < -0.3 is 0 Å². The van der Waals surface area contributed by atoms with Gasteiger partial charge in [-0.3, -0.25) is 0 Å². The van der Waals surface area contributed by atoms with Gasteiger partial charge in [-0.15, -0.1) is 0 Å². The summed E-state index contributed by atoms with van der Waals surface area (Å²) in [4.78, 5) is 0. The van der Waals surface area contributed by atoms with Crippen LogP contribution in [0.5, 0.6) is 0 Å². The lowest BCUT2D eigenvalue weighted by Crippen LogP contribution is -2.50. The quantitative estimate of drug-likeness (QED) is 0.548. The van der Waals surface area contributed by atoms with Gasteiger partial charge in [0.1, 0.15) is 0 Å². The highest BCUT2D eigenvalue weighted by atomic mass is 15.3. The molecule has 6 bridgehead atoms. The summed E-state index contributed by atoms with van der Waals surface area (Å²) in [5.74, 6) is 4.22. The van der Waals surface area contributed by atoms with E-state index in [1.54, 1.807) is 0 Å². The zero-order valence-electron chi connectivity index (χ0n) is 17.0. The fourth-order valence-electron chi connectivity index (χ4n) is 9.35. The molecule has 4 aliphatic carbocycles. The summed E-state index contributed by atoms with van der Waals surface area (Å²) in [5, 5.41) is 19.8. The summed E-state index contributed by atoms with van der Waals surface area (Å²) < 4.78 is 0. The molecule has 0 aromatic heterocycles. The molecule has 0 aromatic rings. The molecule has 8 atom stereocenters. The van der Waals surface area contributed by atoms with Gasteiger partial charge in [0.15, 0.2) is 0 Å². The Morgan fingerprint density at radius 3 is 0.960 bits per heavy atom. The van der Waals surface area contributed by atoms with Gasteiger partial charge in [0.2, 0.25) is 0 Å². The number of azo groups is 2. The maximum absolute atomic E-state index is 4.95. The maximum atomic E-state index is 4.95. The molecule has 4 heteroatoms. The van der Waals surface area contributed by atoms with Crippen LogP contribution >= 0.6 is 0 Å². The third-order valence-corrected chi connectivity index (χ3v) is 11.8. The zero-order valence-corrected chi connectivity index (χ0v) is 17.0. The van der Waals surface area contributed by atoms with Gasteiger partial charge in [-0.25, -0.2) is 0 Å². The van der Waals surface area contributed by atoms with E-state index in [0.29, 0.717) is 23.7 Å². The molecular weight excluding hydrogens is 308 g/mol. The normalized spacial score (nSPS) is 68.8. The van der Waals surface area contributed by atoms with Crippen LogP contribution in [0.4, 0.5) is 0 Å². The van der Waals surface area contributed by atoms with E-state index in [1.807, 2.05) is 0 Å². The maximum Gasteiger partial charge on any atom is 0.0896 e. The molecule has 4 saturated carbocycles. The Hall–Kier alpha value is -0.800. The molecule has 0 saturated heterocycles. The van der Waals surface area contributed by atoms with Gasteiger partial charge in [-0.1, -0.05) is 27.7 Å². The fraction of sp³-hybridized carbons (Fsp3) is 1.00. The van der Waals surface area contributed by atoms with Gasteiger partial charge in [0, 0.05) is 10.8 Å². The second-order valence-corrected chi connectivity index (χ2v) is 11.9. The van der Waals surface area contributed by atoms with Crippen molar-refractivity contribution in [3.05, 3.63) is 0 Å². The van der Waals surface area contributed by atoms with E-state index in [0.717, 1.165) is 11.8 Å². The predicted molar refractivity (Wildman–Crippen MR) is 96.5 cm³/mol. The molecule has 4 nitrogen and oxygen atoms in total. The van der Waals surface area contributed by atoms with E-state index in [-0.39, 0.29) is 33.0 Å². The average Bonchev–Trinajstić information content (AvgIpc) is 3.24. The van der Waals surface area contributed by atoms with Crippen LogP contribution < -0.4 is 0 Å². The lowest BCUT2D eigenvalue weighted by atomic mass is 9.60. The van der Waals surface area contributed by atoms with Gasteiger partial charge in [-0.05, 0) is 69.6 Å². The van der Waals surface area contributed by atoms with E-state index >= 15 is 0 Å². The number of nitrogens with zero attached hydrogens (tertiary/aromatic N) is 4. The van der Waals surface area contributed by atoms with Crippen molar-refractivity contribution in [2.45, 2.75) is 84.0 Å². The van der Waals surface area contributed by atoms with Crippen LogP contribution in [0.3, 0.4) is 0 Å². The first kappa shape index (κ1) is 15.3. The topological polar surface area (TPSA) is 49.4 Å². The second kappa shape index (κ2) is 3.38. The minimum Gasteiger partial charge on any atom is -0.186 e. The van der Waals surface area contributed by atoms with Crippen LogP contribution in [0.2, 0.25) is 0 Å². The molecule has 6 rings (SSSR count). The van der Waals surface area contributed by atoms with Crippen molar-refractivity contribution >= 4 is 0 Å². The highest BCUT2D eigenvalue weighted by molar-refractivity contribution is 5.39. The smallest absolute Gasteiger partial charge is 0.0896 e. The van der Waals surface area contributed by atoms with Crippen molar-refractivity contribution in [2.75, 3.05) is 0 Å². The summed E-state index contributed by atoms with van der Waals surface area (Å²) in [5.41, 5.74) is 0.286. The third kappa shape index (κ3) is 1.02. The van der Waals surface area contributed by atoms with E-state index in [1.165, 1.54) is 6.42 Å².